The number of thioether (sulfide) groups is 1. The number of hydrogen-bond acceptors (Lipinski definition) is 5. The molecule has 0 bridgehead atoms. The summed E-state index contributed by atoms with van der Waals surface area (Å²) in [5, 5.41) is 10.5. The molecule has 6 nitrogen and oxygen atoms in total. The third-order valence-corrected chi connectivity index (χ3v) is 4.15. The Labute approximate surface area is 146 Å². The molecule has 0 aliphatic heterocycles. The van der Waals surface area contributed by atoms with Gasteiger partial charge in [-0.15, -0.1) is 10.2 Å². The number of nitrogens with zero attached hydrogens (tertiary/aromatic N) is 3. The van der Waals surface area contributed by atoms with Gasteiger partial charge in [-0.3, -0.25) is 4.79 Å². The van der Waals surface area contributed by atoms with Crippen molar-refractivity contribution in [1.29, 1.82) is 0 Å². The summed E-state index contributed by atoms with van der Waals surface area (Å²) in [6.45, 7) is 1.21. The van der Waals surface area contributed by atoms with Gasteiger partial charge in [0.15, 0.2) is 5.16 Å². The van der Waals surface area contributed by atoms with Crippen LogP contribution >= 0.6 is 11.8 Å². The van der Waals surface area contributed by atoms with Gasteiger partial charge >= 0.3 is 6.18 Å². The number of ether oxygens (including phenoxy) is 1. The second-order valence-electron chi connectivity index (χ2n) is 5.03. The van der Waals surface area contributed by atoms with E-state index in [0.717, 1.165) is 24.2 Å². The monoisotopic (exact) mass is 374 g/mol. The topological polar surface area (TPSA) is 69.0 Å². The van der Waals surface area contributed by atoms with Crippen molar-refractivity contribution >= 4 is 23.4 Å². The van der Waals surface area contributed by atoms with Gasteiger partial charge in [0, 0.05) is 20.3 Å². The Hall–Kier alpha value is -2.07. The minimum Gasteiger partial charge on any atom is -0.385 e. The van der Waals surface area contributed by atoms with Crippen LogP contribution in [0.3, 0.4) is 0 Å². The number of halogens is 3. The minimum atomic E-state index is -4.53. The predicted molar refractivity (Wildman–Crippen MR) is 87.3 cm³/mol. The van der Waals surface area contributed by atoms with Crippen molar-refractivity contribution in [1.82, 2.24) is 14.8 Å². The van der Waals surface area contributed by atoms with Crippen LogP contribution in [0.15, 0.2) is 35.7 Å². The van der Waals surface area contributed by atoms with Crippen LogP contribution in [0.5, 0.6) is 0 Å². The maximum absolute atomic E-state index is 12.9. The number of anilines is 1. The molecule has 136 valence electrons. The fourth-order valence-electron chi connectivity index (χ4n) is 2.04. The van der Waals surface area contributed by atoms with E-state index >= 15 is 0 Å². The molecule has 0 atom stereocenters. The van der Waals surface area contributed by atoms with Gasteiger partial charge in [0.2, 0.25) is 5.91 Å². The van der Waals surface area contributed by atoms with Gasteiger partial charge in [0.05, 0.1) is 17.0 Å². The zero-order valence-electron chi connectivity index (χ0n) is 13.4. The van der Waals surface area contributed by atoms with E-state index in [1.54, 1.807) is 11.7 Å². The lowest BCUT2D eigenvalue weighted by Gasteiger charge is -2.13. The average molecular weight is 374 g/mol. The first-order valence-corrected chi connectivity index (χ1v) is 8.36. The molecule has 1 N–H and O–H groups in total. The van der Waals surface area contributed by atoms with Crippen LogP contribution < -0.4 is 5.32 Å². The highest BCUT2D eigenvalue weighted by Gasteiger charge is 2.33. The number of aryl methyl sites for hydroxylation is 1. The van der Waals surface area contributed by atoms with Gasteiger partial charge in [-0.2, -0.15) is 13.2 Å². The molecule has 1 heterocycles. The molecule has 2 aromatic rings. The Balaban J connectivity index is 1.93. The fraction of sp³-hybridized carbons (Fsp3) is 0.400. The number of para-hydroxylation sites is 1. The van der Waals surface area contributed by atoms with Crippen molar-refractivity contribution < 1.29 is 22.7 Å². The van der Waals surface area contributed by atoms with Crippen LogP contribution in [0, 0.1) is 0 Å². The van der Waals surface area contributed by atoms with Gasteiger partial charge < -0.3 is 14.6 Å². The first-order valence-electron chi connectivity index (χ1n) is 7.37. The van der Waals surface area contributed by atoms with Crippen molar-refractivity contribution in [2.24, 2.45) is 0 Å². The predicted octanol–water partition coefficient (Wildman–Crippen LogP) is 3.06. The van der Waals surface area contributed by atoms with E-state index in [4.69, 9.17) is 4.74 Å². The molecule has 0 spiro atoms. The molecule has 0 fully saturated rings. The maximum atomic E-state index is 12.9. The van der Waals surface area contributed by atoms with Crippen LogP contribution in [0.4, 0.5) is 18.9 Å². The number of carbonyl (C=O) groups excluding carboxylic acids is 1. The summed E-state index contributed by atoms with van der Waals surface area (Å²) in [6, 6.07) is 4.86. The third kappa shape index (κ3) is 5.75. The van der Waals surface area contributed by atoms with Crippen molar-refractivity contribution in [3.05, 3.63) is 36.2 Å². The Kier molecular flexibility index (Phi) is 6.82. The van der Waals surface area contributed by atoms with E-state index < -0.39 is 17.6 Å². The second kappa shape index (κ2) is 8.86. The van der Waals surface area contributed by atoms with Gasteiger partial charge in [-0.1, -0.05) is 23.9 Å². The van der Waals surface area contributed by atoms with Crippen LogP contribution in [0.2, 0.25) is 0 Å². The lowest BCUT2D eigenvalue weighted by Crippen LogP contribution is -2.18. The number of alkyl halides is 3. The van der Waals surface area contributed by atoms with Gasteiger partial charge in [-0.25, -0.2) is 0 Å². The lowest BCUT2D eigenvalue weighted by atomic mass is 10.1. The summed E-state index contributed by atoms with van der Waals surface area (Å²) in [5.41, 5.74) is -1.14. The lowest BCUT2D eigenvalue weighted by molar-refractivity contribution is -0.137. The smallest absolute Gasteiger partial charge is 0.385 e. The number of aromatic nitrogens is 3. The largest absolute Gasteiger partial charge is 0.418 e. The zero-order valence-corrected chi connectivity index (χ0v) is 14.2. The van der Waals surface area contributed by atoms with E-state index in [2.05, 4.69) is 15.5 Å². The summed E-state index contributed by atoms with van der Waals surface area (Å²) < 4.78 is 45.5. The van der Waals surface area contributed by atoms with Crippen molar-refractivity contribution in [3.8, 4) is 0 Å². The Morgan fingerprint density at radius 2 is 2.12 bits per heavy atom. The standard InChI is InChI=1S/C15H17F3N4O2S/c1-24-8-4-7-22-10-19-21-14(22)25-9-13(23)20-12-6-3-2-5-11(12)15(16,17)18/h2-3,5-6,10H,4,7-9H2,1H3,(H,20,23). The molecule has 0 saturated heterocycles. The molecule has 0 saturated carbocycles. The quantitative estimate of drug-likeness (QED) is 0.568. The second-order valence-corrected chi connectivity index (χ2v) is 5.98. The van der Waals surface area contributed by atoms with Gasteiger partial charge in [0.1, 0.15) is 6.33 Å². The SMILES string of the molecule is COCCCn1cnnc1SCC(=O)Nc1ccccc1C(F)(F)F. The normalized spacial score (nSPS) is 11.5. The highest BCUT2D eigenvalue weighted by atomic mass is 32.2. The molecular formula is C15H17F3N4O2S. The molecule has 10 heteroatoms. The fourth-order valence-corrected chi connectivity index (χ4v) is 2.79. The third-order valence-electron chi connectivity index (χ3n) is 3.17. The molecule has 1 amide bonds. The van der Waals surface area contributed by atoms with Crippen molar-refractivity contribution in [2.45, 2.75) is 24.3 Å². The van der Waals surface area contributed by atoms with Gasteiger partial charge in [-0.05, 0) is 18.6 Å². The van der Waals surface area contributed by atoms with E-state index in [0.29, 0.717) is 18.3 Å². The number of methoxy groups -OCH3 is 1. The summed E-state index contributed by atoms with van der Waals surface area (Å²) in [4.78, 5) is 12.0. The molecule has 1 aromatic heterocycles. The molecule has 2 rings (SSSR count). The first kappa shape index (κ1) is 19.3. The first-order chi connectivity index (χ1) is 11.9. The van der Waals surface area contributed by atoms with Crippen molar-refractivity contribution in [2.75, 3.05) is 24.8 Å². The molecule has 0 unspecified atom stereocenters. The molecule has 0 radical (unpaired) electrons. The minimum absolute atomic E-state index is 0.0742. The summed E-state index contributed by atoms with van der Waals surface area (Å²) in [7, 11) is 1.60. The van der Waals surface area contributed by atoms with E-state index in [9.17, 15) is 18.0 Å². The number of rotatable bonds is 8. The summed E-state index contributed by atoms with van der Waals surface area (Å²) in [5.74, 6) is -0.622. The van der Waals surface area contributed by atoms with E-state index in [1.165, 1.54) is 24.5 Å². The van der Waals surface area contributed by atoms with Gasteiger partial charge in [0.25, 0.3) is 0 Å². The highest BCUT2D eigenvalue weighted by molar-refractivity contribution is 7.99. The molecule has 25 heavy (non-hydrogen) atoms. The molecule has 1 aromatic carbocycles. The Bertz CT molecular complexity index is 706. The number of carbonyl (C=O) groups is 1. The van der Waals surface area contributed by atoms with Crippen molar-refractivity contribution in [3.63, 3.8) is 0 Å². The highest BCUT2D eigenvalue weighted by Crippen LogP contribution is 2.34. The summed E-state index contributed by atoms with van der Waals surface area (Å²) in [6.07, 6.45) is -2.24. The van der Waals surface area contributed by atoms with Crippen LogP contribution in [0.1, 0.15) is 12.0 Å². The van der Waals surface area contributed by atoms with Crippen LogP contribution in [0.25, 0.3) is 0 Å². The molecule has 0 aliphatic carbocycles. The zero-order chi connectivity index (χ0) is 18.3. The van der Waals surface area contributed by atoms with Crippen LogP contribution in [-0.4, -0.2) is 40.1 Å². The van der Waals surface area contributed by atoms with E-state index in [-0.39, 0.29) is 11.4 Å². The van der Waals surface area contributed by atoms with Crippen LogP contribution in [-0.2, 0) is 22.3 Å². The number of nitrogens with one attached hydrogen (secondary N) is 1. The summed E-state index contributed by atoms with van der Waals surface area (Å²) >= 11 is 1.11. The van der Waals surface area contributed by atoms with E-state index in [1.807, 2.05) is 0 Å². The average Bonchev–Trinajstić information content (AvgIpc) is 3.00. The number of hydrogen-bond donors (Lipinski definition) is 1. The Morgan fingerprint density at radius 3 is 2.84 bits per heavy atom. The molecule has 0 aliphatic rings. The number of amides is 1. The Morgan fingerprint density at radius 1 is 1.36 bits per heavy atom. The number of benzene rings is 1. The maximum Gasteiger partial charge on any atom is 0.418 e. The molecular weight excluding hydrogens is 357 g/mol.